The van der Waals surface area contributed by atoms with Gasteiger partial charge in [0.2, 0.25) is 17.7 Å². The lowest BCUT2D eigenvalue weighted by Crippen LogP contribution is -2.35. The molecule has 3 amide bonds. The Hall–Kier alpha value is -1.71. The Morgan fingerprint density at radius 2 is 1.29 bits per heavy atom. The normalized spacial score (nSPS) is 16.2. The molecule has 0 saturated carbocycles. The molecule has 1 fully saturated rings. The molecule has 13 nitrogen and oxygen atoms in total. The molecule has 0 aliphatic carbocycles. The first-order valence-electron chi connectivity index (χ1n) is 19.4. The minimum atomic E-state index is -0.307. The maximum atomic E-state index is 12.2. The highest BCUT2D eigenvalue weighted by Crippen LogP contribution is 2.20. The zero-order chi connectivity index (χ0) is 38.9. The summed E-state index contributed by atoms with van der Waals surface area (Å²) in [6.45, 7) is 19.6. The van der Waals surface area contributed by atoms with Crippen LogP contribution in [0.25, 0.3) is 0 Å². The van der Waals surface area contributed by atoms with Crippen molar-refractivity contribution < 1.29 is 52.3 Å². The Balaban J connectivity index is 2.31. The van der Waals surface area contributed by atoms with Crippen LogP contribution in [-0.2, 0) is 52.3 Å². The van der Waals surface area contributed by atoms with Gasteiger partial charge in [0.05, 0.1) is 63.1 Å². The average Bonchev–Trinajstić information content (AvgIpc) is 3.33. The smallest absolute Gasteiger partial charge is 0.232 e. The van der Waals surface area contributed by atoms with Gasteiger partial charge in [-0.05, 0) is 73.6 Å². The molecule has 52 heavy (non-hydrogen) atoms. The van der Waals surface area contributed by atoms with E-state index in [0.29, 0.717) is 79.0 Å². The number of nitrogens with zero attached hydrogens (tertiary/aromatic N) is 1. The summed E-state index contributed by atoms with van der Waals surface area (Å²) in [5.41, 5.74) is -0.569. The van der Waals surface area contributed by atoms with Crippen LogP contribution in [0, 0.1) is 5.92 Å². The average molecular weight is 747 g/mol. The quantitative estimate of drug-likeness (QED) is 0.0695. The number of unbranched alkanes of at least 4 members (excludes halogenated alkanes) is 3. The summed E-state index contributed by atoms with van der Waals surface area (Å²) >= 11 is 0. The van der Waals surface area contributed by atoms with E-state index in [9.17, 15) is 14.4 Å². The topological polar surface area (TPSA) is 140 Å². The molecule has 1 aliphatic heterocycles. The van der Waals surface area contributed by atoms with E-state index in [2.05, 4.69) is 33.0 Å². The summed E-state index contributed by atoms with van der Waals surface area (Å²) in [5.74, 6) is -0.926. The fourth-order valence-corrected chi connectivity index (χ4v) is 5.23. The molecule has 2 unspecified atom stereocenters. The molecule has 0 aromatic rings. The number of ether oxygens (including phenoxy) is 8. The van der Waals surface area contributed by atoms with Gasteiger partial charge in [-0.3, -0.25) is 19.3 Å². The monoisotopic (exact) mass is 747 g/mol. The minimum absolute atomic E-state index is 0.0552. The minimum Gasteiger partial charge on any atom is -0.379 e. The van der Waals surface area contributed by atoms with E-state index in [-0.39, 0.29) is 65.9 Å². The molecule has 1 N–H and O–H groups in total. The fourth-order valence-electron chi connectivity index (χ4n) is 5.23. The van der Waals surface area contributed by atoms with Gasteiger partial charge in [-0.1, -0.05) is 26.2 Å². The largest absolute Gasteiger partial charge is 0.379 e. The first kappa shape index (κ1) is 48.3. The van der Waals surface area contributed by atoms with Crippen LogP contribution in [0.5, 0.6) is 0 Å². The zero-order valence-electron chi connectivity index (χ0n) is 34.1. The molecular weight excluding hydrogens is 672 g/mol. The van der Waals surface area contributed by atoms with Crippen LogP contribution in [0.15, 0.2) is 0 Å². The summed E-state index contributed by atoms with van der Waals surface area (Å²) < 4.78 is 46.4. The van der Waals surface area contributed by atoms with Crippen LogP contribution >= 0.6 is 0 Å². The third-order valence-electron chi connectivity index (χ3n) is 9.35. The van der Waals surface area contributed by atoms with Crippen LogP contribution in [0.4, 0.5) is 0 Å². The lowest BCUT2D eigenvalue weighted by atomic mass is 10.00. The zero-order valence-corrected chi connectivity index (χ0v) is 34.1. The number of amides is 3. The van der Waals surface area contributed by atoms with Gasteiger partial charge in [-0.25, -0.2) is 0 Å². The van der Waals surface area contributed by atoms with Gasteiger partial charge in [0.1, 0.15) is 6.10 Å². The SMILES string of the molecule is COC(C)(C)CCCCCCOCCOCC(COCCCNC(=O)CCN1C(=O)CC(C)C1=O)OCCOCCC(C)(C)OCCC(C)(C)OC. The maximum Gasteiger partial charge on any atom is 0.232 e. The Labute approximate surface area is 314 Å². The van der Waals surface area contributed by atoms with Crippen molar-refractivity contribution in [3.05, 3.63) is 0 Å². The summed E-state index contributed by atoms with van der Waals surface area (Å²) in [5, 5.41) is 2.83. The van der Waals surface area contributed by atoms with Crippen LogP contribution in [-0.4, -0.2) is 139 Å². The predicted octanol–water partition coefficient (Wildman–Crippen LogP) is 5.11. The summed E-state index contributed by atoms with van der Waals surface area (Å²) in [6.07, 6.45) is 7.75. The van der Waals surface area contributed by atoms with Gasteiger partial charge in [-0.2, -0.15) is 0 Å². The maximum absolute atomic E-state index is 12.2. The number of hydrogen-bond acceptors (Lipinski definition) is 11. The van der Waals surface area contributed by atoms with Crippen molar-refractivity contribution in [2.75, 3.05) is 93.4 Å². The van der Waals surface area contributed by atoms with Crippen LogP contribution in [0.1, 0.15) is 113 Å². The highest BCUT2D eigenvalue weighted by molar-refractivity contribution is 6.03. The van der Waals surface area contributed by atoms with Crippen LogP contribution in [0.3, 0.4) is 0 Å². The van der Waals surface area contributed by atoms with E-state index in [0.717, 1.165) is 38.5 Å². The molecule has 2 atom stereocenters. The predicted molar refractivity (Wildman–Crippen MR) is 200 cm³/mol. The van der Waals surface area contributed by atoms with Crippen molar-refractivity contribution in [3.8, 4) is 0 Å². The van der Waals surface area contributed by atoms with Gasteiger partial charge in [0.15, 0.2) is 0 Å². The first-order chi connectivity index (χ1) is 24.6. The second-order valence-electron chi connectivity index (χ2n) is 15.5. The standard InChI is InChI=1S/C39H74N2O11/c1-32-29-35(43)41(36(32)44)20-15-34(42)40-19-14-22-49-30-33(31-50-26-25-47-21-13-11-10-12-16-37(2,3)45-8)51-28-27-48-23-17-39(6,7)52-24-18-38(4,5)46-9/h32-33H,10-31H2,1-9H3,(H,40,42). The molecule has 1 heterocycles. The summed E-state index contributed by atoms with van der Waals surface area (Å²) in [4.78, 5) is 37.4. The molecule has 0 aromatic heterocycles. The van der Waals surface area contributed by atoms with Gasteiger partial charge >= 0.3 is 0 Å². The van der Waals surface area contributed by atoms with Crippen LogP contribution in [0.2, 0.25) is 0 Å². The van der Waals surface area contributed by atoms with E-state index < -0.39 is 0 Å². The van der Waals surface area contributed by atoms with Crippen molar-refractivity contribution >= 4 is 17.7 Å². The lowest BCUT2D eigenvalue weighted by molar-refractivity contribution is -0.139. The molecule has 0 bridgehead atoms. The number of imide groups is 1. The van der Waals surface area contributed by atoms with E-state index in [1.54, 1.807) is 21.1 Å². The number of rotatable bonds is 34. The van der Waals surface area contributed by atoms with Crippen LogP contribution < -0.4 is 5.32 Å². The van der Waals surface area contributed by atoms with Crippen molar-refractivity contribution in [2.45, 2.75) is 136 Å². The van der Waals surface area contributed by atoms with E-state index in [4.69, 9.17) is 37.9 Å². The molecule has 0 radical (unpaired) electrons. The number of nitrogens with one attached hydrogen (secondary N) is 1. The highest BCUT2D eigenvalue weighted by atomic mass is 16.6. The Morgan fingerprint density at radius 3 is 1.96 bits per heavy atom. The molecule has 1 aliphatic rings. The Bertz CT molecular complexity index is 976. The number of likely N-dealkylation sites (tertiary alicyclic amines) is 1. The molecule has 0 aromatic carbocycles. The number of hydrogen-bond donors (Lipinski definition) is 1. The van der Waals surface area contributed by atoms with Crippen molar-refractivity contribution in [3.63, 3.8) is 0 Å². The highest BCUT2D eigenvalue weighted by Gasteiger charge is 2.35. The molecule has 1 rings (SSSR count). The Morgan fingerprint density at radius 1 is 0.712 bits per heavy atom. The summed E-state index contributed by atoms with van der Waals surface area (Å²) in [6, 6.07) is 0. The third-order valence-corrected chi connectivity index (χ3v) is 9.35. The molecule has 0 spiro atoms. The first-order valence-corrected chi connectivity index (χ1v) is 19.4. The molecule has 306 valence electrons. The lowest BCUT2D eigenvalue weighted by Gasteiger charge is -2.28. The second-order valence-corrected chi connectivity index (χ2v) is 15.5. The number of methoxy groups -OCH3 is 2. The number of carbonyl (C=O) groups excluding carboxylic acids is 3. The second kappa shape index (κ2) is 27.0. The van der Waals surface area contributed by atoms with Gasteiger partial charge in [-0.15, -0.1) is 0 Å². The van der Waals surface area contributed by atoms with Crippen molar-refractivity contribution in [2.24, 2.45) is 5.92 Å². The van der Waals surface area contributed by atoms with Crippen molar-refractivity contribution in [1.29, 1.82) is 0 Å². The fraction of sp³-hybridized carbons (Fsp3) is 0.923. The van der Waals surface area contributed by atoms with Gasteiger partial charge < -0.3 is 43.2 Å². The van der Waals surface area contributed by atoms with E-state index in [1.807, 2.05) is 13.8 Å². The third kappa shape index (κ3) is 23.9. The van der Waals surface area contributed by atoms with E-state index in [1.165, 1.54) is 11.3 Å². The van der Waals surface area contributed by atoms with Gasteiger partial charge in [0, 0.05) is 65.9 Å². The Kier molecular flexibility index (Phi) is 25.1. The van der Waals surface area contributed by atoms with Gasteiger partial charge in [0.25, 0.3) is 0 Å². The molecule has 13 heteroatoms. The molecule has 1 saturated heterocycles. The van der Waals surface area contributed by atoms with E-state index >= 15 is 0 Å². The molecular formula is C39H74N2O11. The number of carbonyl (C=O) groups is 3. The summed E-state index contributed by atoms with van der Waals surface area (Å²) in [7, 11) is 3.48. The van der Waals surface area contributed by atoms with Crippen molar-refractivity contribution in [1.82, 2.24) is 10.2 Å².